The number of ether oxygens (including phenoxy) is 1. The first-order chi connectivity index (χ1) is 15.0. The first-order valence-electron chi connectivity index (χ1n) is 10.6. The predicted octanol–water partition coefficient (Wildman–Crippen LogP) is 1.03. The van der Waals surface area contributed by atoms with Gasteiger partial charge in [0.1, 0.15) is 11.6 Å². The Labute approximate surface area is 182 Å². The molecule has 166 valence electrons. The van der Waals surface area contributed by atoms with Crippen molar-refractivity contribution in [3.63, 3.8) is 0 Å². The molecular weight excluding hydrogens is 399 g/mol. The second-order valence-electron chi connectivity index (χ2n) is 7.52. The van der Waals surface area contributed by atoms with Crippen molar-refractivity contribution in [2.24, 2.45) is 0 Å². The zero-order chi connectivity index (χ0) is 22.2. The van der Waals surface area contributed by atoms with Gasteiger partial charge in [0.05, 0.1) is 25.0 Å². The van der Waals surface area contributed by atoms with E-state index in [1.165, 1.54) is 6.07 Å². The van der Waals surface area contributed by atoms with Crippen molar-refractivity contribution in [3.8, 4) is 5.75 Å². The molecule has 7 nitrogen and oxygen atoms in total. The fourth-order valence-electron chi connectivity index (χ4n) is 3.71. The number of anilines is 2. The molecule has 2 aromatic carbocycles. The Morgan fingerprint density at radius 2 is 1.71 bits per heavy atom. The number of nitrogens with one attached hydrogen (secondary N) is 2. The molecule has 8 heteroatoms. The van der Waals surface area contributed by atoms with Gasteiger partial charge in [-0.15, -0.1) is 0 Å². The van der Waals surface area contributed by atoms with Crippen LogP contribution in [0.1, 0.15) is 6.92 Å². The fourth-order valence-corrected chi connectivity index (χ4v) is 3.71. The maximum atomic E-state index is 14.0. The Morgan fingerprint density at radius 3 is 2.39 bits per heavy atom. The van der Waals surface area contributed by atoms with Crippen LogP contribution < -0.4 is 19.9 Å². The summed E-state index contributed by atoms with van der Waals surface area (Å²) in [5.74, 6) is 0.191. The molecule has 1 aliphatic heterocycles. The van der Waals surface area contributed by atoms with E-state index in [1.54, 1.807) is 36.3 Å². The highest BCUT2D eigenvalue weighted by molar-refractivity contribution is 5.93. The molecule has 1 heterocycles. The standard InChI is InChI=1S/C23H29FN4O3/c1-3-26(16-22(29)25-19-9-5-7-11-21(19)31-2)17-23(30)28-14-12-27(13-15-28)20-10-6-4-8-18(20)24/h4-11H,3,12-17H2,1-2H3,(H,25,29)/p+1. The molecule has 1 atom stereocenters. The lowest BCUT2D eigenvalue weighted by atomic mass is 10.2. The van der Waals surface area contributed by atoms with E-state index in [-0.39, 0.29) is 30.7 Å². The SMILES string of the molecule is CC[NH+](CC(=O)Nc1ccccc1OC)CC(=O)N1CCN(c2ccccc2F)CC1. The fraction of sp³-hybridized carbons (Fsp3) is 0.391. The molecule has 31 heavy (non-hydrogen) atoms. The van der Waals surface area contributed by atoms with Crippen molar-refractivity contribution in [2.75, 3.05) is 63.1 Å². The molecule has 0 aromatic heterocycles. The van der Waals surface area contributed by atoms with Crippen LogP contribution in [0.25, 0.3) is 0 Å². The molecule has 2 amide bonds. The van der Waals surface area contributed by atoms with Crippen LogP contribution in [0, 0.1) is 5.82 Å². The van der Waals surface area contributed by atoms with Crippen LogP contribution in [0.4, 0.5) is 15.8 Å². The van der Waals surface area contributed by atoms with Gasteiger partial charge in [0.25, 0.3) is 11.8 Å². The summed E-state index contributed by atoms with van der Waals surface area (Å²) in [5, 5.41) is 2.86. The number of benzene rings is 2. The van der Waals surface area contributed by atoms with Gasteiger partial charge >= 0.3 is 0 Å². The largest absolute Gasteiger partial charge is 0.495 e. The second-order valence-corrected chi connectivity index (χ2v) is 7.52. The number of hydrogen-bond acceptors (Lipinski definition) is 4. The number of quaternary nitrogens is 1. The van der Waals surface area contributed by atoms with E-state index >= 15 is 0 Å². The molecule has 2 N–H and O–H groups in total. The van der Waals surface area contributed by atoms with Crippen LogP contribution in [0.5, 0.6) is 5.75 Å². The molecule has 2 aromatic rings. The van der Waals surface area contributed by atoms with Crippen molar-refractivity contribution >= 4 is 23.2 Å². The Hall–Kier alpha value is -3.13. The number of carbonyl (C=O) groups is 2. The van der Waals surface area contributed by atoms with Gasteiger partial charge in [-0.3, -0.25) is 9.59 Å². The van der Waals surface area contributed by atoms with Crippen LogP contribution in [-0.2, 0) is 9.59 Å². The lowest BCUT2D eigenvalue weighted by Crippen LogP contribution is -3.14. The third-order valence-electron chi connectivity index (χ3n) is 5.52. The van der Waals surface area contributed by atoms with Crippen LogP contribution in [0.3, 0.4) is 0 Å². The molecule has 0 saturated carbocycles. The molecular formula is C23H30FN4O3+. The van der Waals surface area contributed by atoms with Gasteiger partial charge in [-0.05, 0) is 31.2 Å². The Morgan fingerprint density at radius 1 is 1.03 bits per heavy atom. The van der Waals surface area contributed by atoms with E-state index in [4.69, 9.17) is 4.74 Å². The first kappa shape index (κ1) is 22.6. The van der Waals surface area contributed by atoms with Gasteiger partial charge in [-0.1, -0.05) is 24.3 Å². The van der Waals surface area contributed by atoms with Crippen molar-refractivity contribution in [1.29, 1.82) is 0 Å². The first-order valence-corrected chi connectivity index (χ1v) is 10.6. The lowest BCUT2D eigenvalue weighted by Gasteiger charge is -2.36. The number of para-hydroxylation sites is 3. The zero-order valence-corrected chi connectivity index (χ0v) is 18.1. The molecule has 0 aliphatic carbocycles. The number of carbonyl (C=O) groups excluding carboxylic acids is 2. The molecule has 3 rings (SSSR count). The van der Waals surface area contributed by atoms with Gasteiger partial charge in [0.2, 0.25) is 0 Å². The monoisotopic (exact) mass is 429 g/mol. The summed E-state index contributed by atoms with van der Waals surface area (Å²) < 4.78 is 19.3. The van der Waals surface area contributed by atoms with E-state index < -0.39 is 0 Å². The van der Waals surface area contributed by atoms with Crippen LogP contribution >= 0.6 is 0 Å². The average molecular weight is 430 g/mol. The summed E-state index contributed by atoms with van der Waals surface area (Å²) in [6.07, 6.45) is 0. The minimum absolute atomic E-state index is 0.00938. The van der Waals surface area contributed by atoms with Gasteiger partial charge < -0.3 is 24.8 Å². The quantitative estimate of drug-likeness (QED) is 0.658. The summed E-state index contributed by atoms with van der Waals surface area (Å²) in [6, 6.07) is 13.9. The van der Waals surface area contributed by atoms with Gasteiger partial charge in [0.15, 0.2) is 13.1 Å². The molecule has 1 fully saturated rings. The highest BCUT2D eigenvalue weighted by Gasteiger charge is 2.26. The molecule has 1 saturated heterocycles. The van der Waals surface area contributed by atoms with E-state index in [1.807, 2.05) is 30.0 Å². The lowest BCUT2D eigenvalue weighted by molar-refractivity contribution is -0.882. The highest BCUT2D eigenvalue weighted by Crippen LogP contribution is 2.22. The smallest absolute Gasteiger partial charge is 0.279 e. The van der Waals surface area contributed by atoms with E-state index in [9.17, 15) is 14.0 Å². The normalized spacial score (nSPS) is 14.8. The van der Waals surface area contributed by atoms with Gasteiger partial charge in [-0.2, -0.15) is 0 Å². The molecule has 0 radical (unpaired) electrons. The number of halogens is 1. The van der Waals surface area contributed by atoms with Crippen molar-refractivity contribution < 1.29 is 23.6 Å². The van der Waals surface area contributed by atoms with Gasteiger partial charge in [-0.25, -0.2) is 4.39 Å². The topological polar surface area (TPSA) is 66.3 Å². The van der Waals surface area contributed by atoms with Crippen LogP contribution in [-0.4, -0.2) is 69.6 Å². The minimum atomic E-state index is -0.245. The van der Waals surface area contributed by atoms with Crippen LogP contribution in [0.2, 0.25) is 0 Å². The number of rotatable bonds is 8. The summed E-state index contributed by atoms with van der Waals surface area (Å²) in [4.78, 5) is 29.9. The van der Waals surface area contributed by atoms with Gasteiger partial charge in [0, 0.05) is 26.2 Å². The molecule has 0 spiro atoms. The second kappa shape index (κ2) is 10.8. The van der Waals surface area contributed by atoms with E-state index in [0.717, 1.165) is 4.90 Å². The van der Waals surface area contributed by atoms with Crippen molar-refractivity contribution in [2.45, 2.75) is 6.92 Å². The van der Waals surface area contributed by atoms with Crippen molar-refractivity contribution in [1.82, 2.24) is 4.90 Å². The maximum Gasteiger partial charge on any atom is 0.279 e. The summed E-state index contributed by atoms with van der Waals surface area (Å²) in [5.41, 5.74) is 1.18. The zero-order valence-electron chi connectivity index (χ0n) is 18.1. The van der Waals surface area contributed by atoms with E-state index in [2.05, 4.69) is 5.32 Å². The maximum absolute atomic E-state index is 14.0. The number of likely N-dealkylation sites (N-methyl/N-ethyl adjacent to an activating group) is 1. The molecule has 1 unspecified atom stereocenters. The van der Waals surface area contributed by atoms with Crippen LogP contribution in [0.15, 0.2) is 48.5 Å². The highest BCUT2D eigenvalue weighted by atomic mass is 19.1. The molecule has 1 aliphatic rings. The number of amides is 2. The Balaban J connectivity index is 1.49. The minimum Gasteiger partial charge on any atom is -0.495 e. The molecule has 0 bridgehead atoms. The number of piperazine rings is 1. The Kier molecular flexibility index (Phi) is 7.83. The average Bonchev–Trinajstić information content (AvgIpc) is 2.79. The predicted molar refractivity (Wildman–Crippen MR) is 118 cm³/mol. The number of hydrogen-bond donors (Lipinski definition) is 2. The number of nitrogens with zero attached hydrogens (tertiary/aromatic N) is 2. The number of methoxy groups -OCH3 is 1. The van der Waals surface area contributed by atoms with E-state index in [0.29, 0.717) is 49.8 Å². The third kappa shape index (κ3) is 5.95. The summed E-state index contributed by atoms with van der Waals surface area (Å²) in [7, 11) is 1.55. The summed E-state index contributed by atoms with van der Waals surface area (Å²) >= 11 is 0. The van der Waals surface area contributed by atoms with Crippen molar-refractivity contribution in [3.05, 3.63) is 54.3 Å². The Bertz CT molecular complexity index is 900. The summed E-state index contributed by atoms with van der Waals surface area (Å²) in [6.45, 7) is 5.29. The third-order valence-corrected chi connectivity index (χ3v) is 5.52.